The number of hydrogen-bond acceptors (Lipinski definition) is 3. The van der Waals surface area contributed by atoms with Crippen molar-refractivity contribution in [1.82, 2.24) is 0 Å². The van der Waals surface area contributed by atoms with Gasteiger partial charge in [-0.25, -0.2) is 0 Å². The van der Waals surface area contributed by atoms with E-state index in [4.69, 9.17) is 9.47 Å². The van der Waals surface area contributed by atoms with Crippen molar-refractivity contribution in [2.75, 3.05) is 0 Å². The smallest absolute Gasteiger partial charge is 0.302 e. The molecule has 3 rings (SSSR count). The molecule has 3 aliphatic rings. The lowest BCUT2D eigenvalue weighted by molar-refractivity contribution is -0.183. The normalized spacial score (nSPS) is 46.6. The van der Waals surface area contributed by atoms with Crippen LogP contribution >= 0.6 is 0 Å². The lowest BCUT2D eigenvalue weighted by Crippen LogP contribution is -2.51. The van der Waals surface area contributed by atoms with E-state index in [2.05, 4.69) is 12.2 Å². The lowest BCUT2D eigenvalue weighted by Gasteiger charge is -2.45. The maximum atomic E-state index is 11.1. The highest BCUT2D eigenvalue weighted by Gasteiger charge is 2.50. The quantitative estimate of drug-likeness (QED) is 0.485. The summed E-state index contributed by atoms with van der Waals surface area (Å²) < 4.78 is 11.4. The minimum atomic E-state index is -0.154. The molecule has 0 aromatic rings. The van der Waals surface area contributed by atoms with Gasteiger partial charge in [-0.15, -0.1) is 0 Å². The molecule has 4 unspecified atom stereocenters. The summed E-state index contributed by atoms with van der Waals surface area (Å²) in [5.74, 6) is 0.628. The average molecular weight is 208 g/mol. The Labute approximate surface area is 89.4 Å². The van der Waals surface area contributed by atoms with E-state index < -0.39 is 0 Å². The Hall–Kier alpha value is -0.830. The minimum Gasteiger partial charge on any atom is -0.462 e. The van der Waals surface area contributed by atoms with E-state index in [0.29, 0.717) is 11.8 Å². The van der Waals surface area contributed by atoms with Crippen LogP contribution in [0.1, 0.15) is 26.2 Å². The molecule has 3 heteroatoms. The molecule has 0 N–H and O–H groups in total. The number of ether oxygens (including phenoxy) is 2. The van der Waals surface area contributed by atoms with Crippen LogP contribution in [0.2, 0.25) is 0 Å². The van der Waals surface area contributed by atoms with Crippen LogP contribution in [0.5, 0.6) is 0 Å². The summed E-state index contributed by atoms with van der Waals surface area (Å²) in [6, 6.07) is 0. The first-order chi connectivity index (χ1) is 7.25. The predicted octanol–water partition coefficient (Wildman–Crippen LogP) is 1.67. The topological polar surface area (TPSA) is 35.5 Å². The maximum Gasteiger partial charge on any atom is 0.302 e. The number of carbonyl (C=O) groups excluding carboxylic acids is 1. The Kier molecular flexibility index (Phi) is 2.09. The van der Waals surface area contributed by atoms with Crippen molar-refractivity contribution in [2.24, 2.45) is 11.8 Å². The molecule has 1 aliphatic carbocycles. The van der Waals surface area contributed by atoms with Crippen molar-refractivity contribution in [3.05, 3.63) is 12.2 Å². The molecule has 0 aromatic heterocycles. The predicted molar refractivity (Wildman–Crippen MR) is 54.2 cm³/mol. The van der Waals surface area contributed by atoms with Crippen molar-refractivity contribution in [3.63, 3.8) is 0 Å². The highest BCUT2D eigenvalue weighted by molar-refractivity contribution is 5.66. The van der Waals surface area contributed by atoms with Crippen molar-refractivity contribution >= 4 is 5.97 Å². The van der Waals surface area contributed by atoms with Crippen molar-refractivity contribution in [3.8, 4) is 0 Å². The van der Waals surface area contributed by atoms with Crippen molar-refractivity contribution in [2.45, 2.75) is 44.5 Å². The van der Waals surface area contributed by atoms with Crippen LogP contribution in [0, 0.1) is 11.8 Å². The van der Waals surface area contributed by atoms with Crippen LogP contribution in [0.3, 0.4) is 0 Å². The van der Waals surface area contributed by atoms with Gasteiger partial charge < -0.3 is 9.47 Å². The minimum absolute atomic E-state index is 0.0926. The fraction of sp³-hybridized carbons (Fsp3) is 0.750. The number of fused-ring (bicyclic) bond motifs is 6. The van der Waals surface area contributed by atoms with Crippen LogP contribution in [0.15, 0.2) is 12.2 Å². The first-order valence-corrected chi connectivity index (χ1v) is 5.77. The molecule has 1 saturated heterocycles. The monoisotopic (exact) mass is 208 g/mol. The SMILES string of the molecule is CC(=O)OC1C2CCCC1C1C=CC2O1. The fourth-order valence-electron chi connectivity index (χ4n) is 3.28. The van der Waals surface area contributed by atoms with Gasteiger partial charge in [0.25, 0.3) is 0 Å². The van der Waals surface area contributed by atoms with Gasteiger partial charge in [-0.05, 0) is 12.8 Å². The summed E-state index contributed by atoms with van der Waals surface area (Å²) in [6.07, 6.45) is 8.26. The first-order valence-electron chi connectivity index (χ1n) is 5.77. The van der Waals surface area contributed by atoms with Crippen LogP contribution in [-0.4, -0.2) is 24.3 Å². The second-order valence-electron chi connectivity index (χ2n) is 4.78. The molecular formula is C12H16O3. The zero-order chi connectivity index (χ0) is 10.4. The van der Waals surface area contributed by atoms with Gasteiger partial charge >= 0.3 is 5.97 Å². The molecular weight excluding hydrogens is 192 g/mol. The molecule has 3 nitrogen and oxygen atoms in total. The van der Waals surface area contributed by atoms with E-state index >= 15 is 0 Å². The van der Waals surface area contributed by atoms with Gasteiger partial charge in [0.1, 0.15) is 6.10 Å². The van der Waals surface area contributed by atoms with E-state index in [0.717, 1.165) is 12.8 Å². The summed E-state index contributed by atoms with van der Waals surface area (Å²) in [4.78, 5) is 11.1. The van der Waals surface area contributed by atoms with Gasteiger partial charge in [0.15, 0.2) is 0 Å². The van der Waals surface area contributed by atoms with Gasteiger partial charge in [-0.1, -0.05) is 18.6 Å². The number of carbonyl (C=O) groups is 1. The molecule has 82 valence electrons. The third-order valence-electron chi connectivity index (χ3n) is 3.87. The van der Waals surface area contributed by atoms with Gasteiger partial charge in [0.2, 0.25) is 0 Å². The van der Waals surface area contributed by atoms with Crippen LogP contribution in [0.25, 0.3) is 0 Å². The maximum absolute atomic E-state index is 11.1. The molecule has 2 aliphatic heterocycles. The highest BCUT2D eigenvalue weighted by atomic mass is 16.6. The number of hydrogen-bond donors (Lipinski definition) is 0. The molecule has 0 spiro atoms. The summed E-state index contributed by atoms with van der Waals surface area (Å²) >= 11 is 0. The lowest BCUT2D eigenvalue weighted by atomic mass is 9.73. The van der Waals surface area contributed by atoms with Crippen LogP contribution in [0.4, 0.5) is 0 Å². The Balaban J connectivity index is 1.86. The molecule has 2 heterocycles. The van der Waals surface area contributed by atoms with E-state index in [-0.39, 0.29) is 24.3 Å². The third kappa shape index (κ3) is 1.41. The van der Waals surface area contributed by atoms with E-state index in [1.165, 1.54) is 13.3 Å². The van der Waals surface area contributed by atoms with Gasteiger partial charge in [-0.2, -0.15) is 0 Å². The number of rotatable bonds is 1. The molecule has 4 bridgehead atoms. The number of esters is 1. The van der Waals surface area contributed by atoms with Crippen LogP contribution in [-0.2, 0) is 14.3 Å². The molecule has 0 aromatic carbocycles. The molecule has 0 amide bonds. The Morgan fingerprint density at radius 1 is 1.27 bits per heavy atom. The Morgan fingerprint density at radius 3 is 2.40 bits per heavy atom. The third-order valence-corrected chi connectivity index (χ3v) is 3.87. The van der Waals surface area contributed by atoms with Gasteiger partial charge in [0, 0.05) is 18.8 Å². The summed E-state index contributed by atoms with van der Waals surface area (Å²) in [5.41, 5.74) is 0. The Morgan fingerprint density at radius 2 is 1.87 bits per heavy atom. The largest absolute Gasteiger partial charge is 0.462 e. The molecule has 0 radical (unpaired) electrons. The second kappa shape index (κ2) is 3.34. The molecule has 1 saturated carbocycles. The Bertz CT molecular complexity index is 290. The molecule has 15 heavy (non-hydrogen) atoms. The van der Waals surface area contributed by atoms with Crippen molar-refractivity contribution < 1.29 is 14.3 Å². The van der Waals surface area contributed by atoms with E-state index in [1.807, 2.05) is 0 Å². The van der Waals surface area contributed by atoms with Gasteiger partial charge in [0.05, 0.1) is 12.2 Å². The van der Waals surface area contributed by atoms with Crippen molar-refractivity contribution in [1.29, 1.82) is 0 Å². The zero-order valence-corrected chi connectivity index (χ0v) is 8.89. The van der Waals surface area contributed by atoms with Crippen LogP contribution < -0.4 is 0 Å². The van der Waals surface area contributed by atoms with Gasteiger partial charge in [-0.3, -0.25) is 4.79 Å². The van der Waals surface area contributed by atoms with E-state index in [1.54, 1.807) is 0 Å². The summed E-state index contributed by atoms with van der Waals surface area (Å²) in [6.45, 7) is 1.50. The molecule has 4 atom stereocenters. The van der Waals surface area contributed by atoms with E-state index in [9.17, 15) is 4.79 Å². The first kappa shape index (κ1) is 9.40. The second-order valence-corrected chi connectivity index (χ2v) is 4.78. The fourth-order valence-corrected chi connectivity index (χ4v) is 3.28. The molecule has 2 fully saturated rings. The standard InChI is InChI=1S/C12H16O3/c1-7(13)14-12-8-3-2-4-9(12)11-6-5-10(8)15-11/h5-6,8-12H,2-4H2,1H3. The summed E-state index contributed by atoms with van der Waals surface area (Å²) in [7, 11) is 0. The zero-order valence-electron chi connectivity index (χ0n) is 8.89. The average Bonchev–Trinajstić information content (AvgIpc) is 2.61. The highest BCUT2D eigenvalue weighted by Crippen LogP contribution is 2.45. The summed E-state index contributed by atoms with van der Waals surface area (Å²) in [5, 5.41) is 0.